The summed E-state index contributed by atoms with van der Waals surface area (Å²) in [5.41, 5.74) is -1.23. The standard InChI is InChI=1S/C22H20F4N4O2.ClH/c1-13-11-29(12-17-10-28-20(30(13)17)21(2,32)22(24,25)26)19(31)15-7-8-27-18(9-15)14-3-5-16(23)6-4-14;/h3-10,13,32H,11-12H2,1-2H3;1H/t13-,21+;/m0./s1. The van der Waals surface area contributed by atoms with E-state index in [0.717, 1.165) is 0 Å². The fraction of sp³-hybridized carbons (Fsp3) is 0.318. The van der Waals surface area contributed by atoms with Crippen molar-refractivity contribution in [2.24, 2.45) is 0 Å². The summed E-state index contributed by atoms with van der Waals surface area (Å²) >= 11 is 0. The number of nitrogens with zero attached hydrogens (tertiary/aromatic N) is 4. The average Bonchev–Trinajstić information content (AvgIpc) is 3.18. The molecule has 1 aromatic carbocycles. The van der Waals surface area contributed by atoms with Crippen molar-refractivity contribution in [1.82, 2.24) is 19.4 Å². The van der Waals surface area contributed by atoms with Crippen LogP contribution in [0.5, 0.6) is 0 Å². The van der Waals surface area contributed by atoms with Gasteiger partial charge >= 0.3 is 6.18 Å². The molecular weight excluding hydrogens is 464 g/mol. The molecular formula is C22H21ClF4N4O2. The van der Waals surface area contributed by atoms with Crippen LogP contribution < -0.4 is 0 Å². The third-order valence-electron chi connectivity index (χ3n) is 5.57. The summed E-state index contributed by atoms with van der Waals surface area (Å²) in [6.07, 6.45) is -2.17. The number of carbonyl (C=O) groups is 1. The van der Waals surface area contributed by atoms with Crippen LogP contribution in [0.4, 0.5) is 17.6 Å². The average molecular weight is 485 g/mol. The van der Waals surface area contributed by atoms with Crippen molar-refractivity contribution in [3.05, 3.63) is 71.7 Å². The Morgan fingerprint density at radius 2 is 1.82 bits per heavy atom. The van der Waals surface area contributed by atoms with E-state index < -0.39 is 23.6 Å². The number of alkyl halides is 3. The molecule has 1 aliphatic heterocycles. The van der Waals surface area contributed by atoms with E-state index in [9.17, 15) is 27.5 Å². The van der Waals surface area contributed by atoms with Crippen molar-refractivity contribution in [1.29, 1.82) is 0 Å². The maximum Gasteiger partial charge on any atom is 0.424 e. The first-order chi connectivity index (χ1) is 15.0. The molecule has 1 aliphatic rings. The molecule has 0 radical (unpaired) electrons. The van der Waals surface area contributed by atoms with E-state index in [-0.39, 0.29) is 37.2 Å². The van der Waals surface area contributed by atoms with Crippen LogP contribution in [0.25, 0.3) is 11.3 Å². The van der Waals surface area contributed by atoms with E-state index >= 15 is 0 Å². The number of amides is 1. The Kier molecular flexibility index (Phi) is 6.54. The number of hydrogen-bond acceptors (Lipinski definition) is 4. The van der Waals surface area contributed by atoms with Crippen molar-refractivity contribution in [2.75, 3.05) is 6.54 Å². The summed E-state index contributed by atoms with van der Waals surface area (Å²) in [5.74, 6) is -1.20. The largest absolute Gasteiger partial charge is 0.424 e. The SMILES string of the molecule is C[C@H]1CN(C(=O)c2ccnc(-c3ccc(F)cc3)c2)Cc2cnc([C@@](C)(O)C(F)(F)F)n21.Cl. The number of fused-ring (bicyclic) bond motifs is 1. The van der Waals surface area contributed by atoms with Gasteiger partial charge in [-0.05, 0) is 50.2 Å². The minimum Gasteiger partial charge on any atom is -0.374 e. The number of aromatic nitrogens is 3. The summed E-state index contributed by atoms with van der Waals surface area (Å²) in [6.45, 7) is 2.51. The zero-order chi connectivity index (χ0) is 23.3. The number of carbonyl (C=O) groups excluding carboxylic acids is 1. The van der Waals surface area contributed by atoms with Crippen molar-refractivity contribution in [3.63, 3.8) is 0 Å². The molecule has 0 bridgehead atoms. The van der Waals surface area contributed by atoms with E-state index in [4.69, 9.17) is 0 Å². The third kappa shape index (κ3) is 4.45. The Morgan fingerprint density at radius 1 is 1.15 bits per heavy atom. The van der Waals surface area contributed by atoms with E-state index in [1.54, 1.807) is 31.2 Å². The summed E-state index contributed by atoms with van der Waals surface area (Å²) < 4.78 is 54.5. The maximum absolute atomic E-state index is 13.3. The molecule has 33 heavy (non-hydrogen) atoms. The molecule has 0 aliphatic carbocycles. The smallest absolute Gasteiger partial charge is 0.374 e. The molecule has 1 N–H and O–H groups in total. The molecule has 6 nitrogen and oxygen atoms in total. The molecule has 0 fully saturated rings. The highest BCUT2D eigenvalue weighted by atomic mass is 35.5. The number of benzene rings is 1. The van der Waals surface area contributed by atoms with Gasteiger partial charge in [0.1, 0.15) is 5.82 Å². The van der Waals surface area contributed by atoms with Gasteiger partial charge in [0, 0.05) is 23.9 Å². The fourth-order valence-electron chi connectivity index (χ4n) is 3.83. The molecule has 0 spiro atoms. The molecule has 176 valence electrons. The molecule has 0 saturated carbocycles. The monoisotopic (exact) mass is 484 g/mol. The Balaban J connectivity index is 0.00000306. The van der Waals surface area contributed by atoms with Gasteiger partial charge in [0.25, 0.3) is 5.91 Å². The van der Waals surface area contributed by atoms with Crippen LogP contribution in [0, 0.1) is 5.82 Å². The van der Waals surface area contributed by atoms with Crippen LogP contribution in [-0.2, 0) is 12.1 Å². The van der Waals surface area contributed by atoms with Gasteiger partial charge in [0.15, 0.2) is 5.82 Å². The number of rotatable bonds is 3. The molecule has 2 aromatic heterocycles. The second-order valence-corrected chi connectivity index (χ2v) is 7.98. The van der Waals surface area contributed by atoms with Gasteiger partial charge < -0.3 is 14.6 Å². The molecule has 4 rings (SSSR count). The quantitative estimate of drug-likeness (QED) is 0.556. The second-order valence-electron chi connectivity index (χ2n) is 7.98. The summed E-state index contributed by atoms with van der Waals surface area (Å²) in [6, 6.07) is 8.31. The highest BCUT2D eigenvalue weighted by Crippen LogP contribution is 2.40. The van der Waals surface area contributed by atoms with Crippen molar-refractivity contribution >= 4 is 18.3 Å². The fourth-order valence-corrected chi connectivity index (χ4v) is 3.83. The van der Waals surface area contributed by atoms with Gasteiger partial charge in [0.05, 0.1) is 30.2 Å². The van der Waals surface area contributed by atoms with E-state index in [1.165, 1.54) is 34.0 Å². The second kappa shape index (κ2) is 8.75. The predicted octanol–water partition coefficient (Wildman–Crippen LogP) is 4.49. The van der Waals surface area contributed by atoms with Crippen LogP contribution >= 0.6 is 12.4 Å². The third-order valence-corrected chi connectivity index (χ3v) is 5.57. The van der Waals surface area contributed by atoms with Crippen LogP contribution in [0.3, 0.4) is 0 Å². The van der Waals surface area contributed by atoms with Crippen LogP contribution in [0.2, 0.25) is 0 Å². The number of halogens is 5. The number of pyridine rings is 1. The lowest BCUT2D eigenvalue weighted by Crippen LogP contribution is -2.45. The van der Waals surface area contributed by atoms with E-state index in [0.29, 0.717) is 29.4 Å². The number of imidazole rings is 1. The molecule has 2 atom stereocenters. The number of hydrogen-bond donors (Lipinski definition) is 1. The van der Waals surface area contributed by atoms with E-state index in [1.807, 2.05) is 0 Å². The summed E-state index contributed by atoms with van der Waals surface area (Å²) in [4.78, 5) is 22.7. The number of aliphatic hydroxyl groups is 1. The minimum atomic E-state index is -4.89. The highest BCUT2D eigenvalue weighted by Gasteiger charge is 2.55. The van der Waals surface area contributed by atoms with Gasteiger partial charge in [0.2, 0.25) is 5.60 Å². The molecule has 3 aromatic rings. The lowest BCUT2D eigenvalue weighted by atomic mass is 10.0. The molecule has 0 saturated heterocycles. The lowest BCUT2D eigenvalue weighted by molar-refractivity contribution is -0.263. The van der Waals surface area contributed by atoms with Gasteiger partial charge in [-0.25, -0.2) is 9.37 Å². The summed E-state index contributed by atoms with van der Waals surface area (Å²) in [7, 11) is 0. The maximum atomic E-state index is 13.3. The van der Waals surface area contributed by atoms with Gasteiger partial charge in [-0.1, -0.05) is 0 Å². The van der Waals surface area contributed by atoms with Gasteiger partial charge in [-0.15, -0.1) is 12.4 Å². The zero-order valence-corrected chi connectivity index (χ0v) is 18.5. The minimum absolute atomic E-state index is 0. The van der Waals surface area contributed by atoms with Crippen molar-refractivity contribution in [3.8, 4) is 11.3 Å². The first-order valence-electron chi connectivity index (χ1n) is 9.86. The van der Waals surface area contributed by atoms with Crippen molar-refractivity contribution in [2.45, 2.75) is 38.2 Å². The lowest BCUT2D eigenvalue weighted by Gasteiger charge is -2.36. The van der Waals surface area contributed by atoms with Crippen molar-refractivity contribution < 1.29 is 27.5 Å². The van der Waals surface area contributed by atoms with Crippen LogP contribution in [0.15, 0.2) is 48.8 Å². The predicted molar refractivity (Wildman–Crippen MR) is 114 cm³/mol. The van der Waals surface area contributed by atoms with E-state index in [2.05, 4.69) is 9.97 Å². The summed E-state index contributed by atoms with van der Waals surface area (Å²) in [5, 5.41) is 10.1. The first kappa shape index (κ1) is 24.7. The van der Waals surface area contributed by atoms with Crippen LogP contribution in [-0.4, -0.2) is 43.2 Å². The molecule has 0 unspecified atom stereocenters. The first-order valence-corrected chi connectivity index (χ1v) is 9.86. The molecule has 1 amide bonds. The Hall–Kier alpha value is -2.98. The Labute approximate surface area is 193 Å². The van der Waals surface area contributed by atoms with Gasteiger partial charge in [-0.3, -0.25) is 9.78 Å². The van der Waals surface area contributed by atoms with Crippen LogP contribution in [0.1, 0.15) is 41.8 Å². The van der Waals surface area contributed by atoms with Gasteiger partial charge in [-0.2, -0.15) is 13.2 Å². The Bertz CT molecular complexity index is 1160. The molecule has 11 heteroatoms. The highest BCUT2D eigenvalue weighted by molar-refractivity contribution is 5.95. The molecule has 3 heterocycles. The normalized spacial score (nSPS) is 17.7. The topological polar surface area (TPSA) is 71.2 Å². The Morgan fingerprint density at radius 3 is 2.45 bits per heavy atom. The zero-order valence-electron chi connectivity index (χ0n) is 17.7.